The van der Waals surface area contributed by atoms with Crippen molar-refractivity contribution in [3.63, 3.8) is 0 Å². The molecule has 1 aliphatic heterocycles. The van der Waals surface area contributed by atoms with Gasteiger partial charge in [-0.3, -0.25) is 9.69 Å². The first kappa shape index (κ1) is 14.0. The fraction of sp³-hybridized carbons (Fsp3) is 0.533. The summed E-state index contributed by atoms with van der Waals surface area (Å²) in [4.78, 5) is 14.1. The number of ether oxygens (including phenoxy) is 1. The topological polar surface area (TPSA) is 49.8 Å². The van der Waals surface area contributed by atoms with Gasteiger partial charge in [-0.25, -0.2) is 0 Å². The molecule has 0 radical (unpaired) electrons. The van der Waals surface area contributed by atoms with Gasteiger partial charge >= 0.3 is 5.97 Å². The molecular formula is C15H21NO3. The lowest BCUT2D eigenvalue weighted by Gasteiger charge is -2.32. The Morgan fingerprint density at radius 1 is 1.47 bits per heavy atom. The van der Waals surface area contributed by atoms with Gasteiger partial charge < -0.3 is 9.84 Å². The molecule has 0 aliphatic carbocycles. The Balaban J connectivity index is 2.08. The number of aliphatic hydroxyl groups excluding tert-OH is 1. The Kier molecular flexibility index (Phi) is 4.93. The average Bonchev–Trinajstić information content (AvgIpc) is 2.45. The smallest absolute Gasteiger partial charge is 0.314 e. The third-order valence-electron chi connectivity index (χ3n) is 3.61. The van der Waals surface area contributed by atoms with Crippen LogP contribution in [0.15, 0.2) is 30.3 Å². The first-order chi connectivity index (χ1) is 9.20. The van der Waals surface area contributed by atoms with Gasteiger partial charge in [-0.2, -0.15) is 0 Å². The second-order valence-electron chi connectivity index (χ2n) is 5.04. The molecule has 1 aromatic carbocycles. The van der Waals surface area contributed by atoms with Gasteiger partial charge in [0, 0.05) is 13.1 Å². The molecule has 104 valence electrons. The van der Waals surface area contributed by atoms with E-state index in [4.69, 9.17) is 4.74 Å². The summed E-state index contributed by atoms with van der Waals surface area (Å²) < 4.78 is 4.91. The maximum atomic E-state index is 12.0. The molecule has 19 heavy (non-hydrogen) atoms. The molecule has 1 fully saturated rings. The number of hydrogen-bond acceptors (Lipinski definition) is 4. The summed E-state index contributed by atoms with van der Waals surface area (Å²) in [5.41, 5.74) is 0.967. The summed E-state index contributed by atoms with van der Waals surface area (Å²) in [7, 11) is 1.42. The first-order valence-corrected chi connectivity index (χ1v) is 6.74. The van der Waals surface area contributed by atoms with Gasteiger partial charge in [-0.05, 0) is 24.9 Å². The highest BCUT2D eigenvalue weighted by atomic mass is 16.5. The van der Waals surface area contributed by atoms with Crippen molar-refractivity contribution in [3.8, 4) is 0 Å². The number of benzene rings is 1. The Bertz CT molecular complexity index is 407. The van der Waals surface area contributed by atoms with Gasteiger partial charge in [-0.1, -0.05) is 30.3 Å². The second-order valence-corrected chi connectivity index (χ2v) is 5.04. The first-order valence-electron chi connectivity index (χ1n) is 6.74. The van der Waals surface area contributed by atoms with Crippen LogP contribution in [0.5, 0.6) is 0 Å². The molecule has 4 heteroatoms. The van der Waals surface area contributed by atoms with Crippen LogP contribution in [-0.2, 0) is 9.53 Å². The molecule has 2 rings (SSSR count). The molecule has 0 spiro atoms. The van der Waals surface area contributed by atoms with E-state index in [-0.39, 0.29) is 18.0 Å². The number of esters is 1. The summed E-state index contributed by atoms with van der Waals surface area (Å²) in [6.45, 7) is 2.17. The van der Waals surface area contributed by atoms with E-state index in [1.807, 2.05) is 30.3 Å². The minimum atomic E-state index is -0.281. The van der Waals surface area contributed by atoms with Gasteiger partial charge in [0.1, 0.15) is 0 Å². The zero-order valence-electron chi connectivity index (χ0n) is 11.3. The number of methoxy groups -OCH3 is 1. The van der Waals surface area contributed by atoms with Crippen molar-refractivity contribution < 1.29 is 14.6 Å². The molecule has 0 bridgehead atoms. The molecule has 4 nitrogen and oxygen atoms in total. The number of piperidine rings is 1. The molecule has 0 amide bonds. The number of carbonyl (C=O) groups is 1. The molecule has 0 saturated carbocycles. The quantitative estimate of drug-likeness (QED) is 0.834. The number of hydrogen-bond donors (Lipinski definition) is 1. The number of likely N-dealkylation sites (tertiary alicyclic amines) is 1. The summed E-state index contributed by atoms with van der Waals surface area (Å²) in [5.74, 6) is -0.497. The standard InChI is InChI=1S/C15H21NO3/c1-19-15(18)14(12-6-3-2-4-7-12)11-16-9-5-8-13(17)10-16/h2-4,6-7,13-14,17H,5,8-11H2,1H3. The van der Waals surface area contributed by atoms with Gasteiger partial charge in [0.05, 0.1) is 19.1 Å². The Hall–Kier alpha value is -1.39. The van der Waals surface area contributed by atoms with E-state index in [0.717, 1.165) is 24.9 Å². The lowest BCUT2D eigenvalue weighted by Crippen LogP contribution is -2.41. The summed E-state index contributed by atoms with van der Waals surface area (Å²) in [6.07, 6.45) is 1.55. The second kappa shape index (κ2) is 6.68. The number of β-amino-alcohol motifs (C(OH)–C–C–N with tert-alkyl or cyclic N) is 1. The third kappa shape index (κ3) is 3.78. The fourth-order valence-electron chi connectivity index (χ4n) is 2.60. The predicted molar refractivity (Wildman–Crippen MR) is 72.9 cm³/mol. The zero-order chi connectivity index (χ0) is 13.7. The average molecular weight is 263 g/mol. The fourth-order valence-corrected chi connectivity index (χ4v) is 2.60. The van der Waals surface area contributed by atoms with E-state index < -0.39 is 0 Å². The molecule has 1 aliphatic rings. The van der Waals surface area contributed by atoms with E-state index >= 15 is 0 Å². The van der Waals surface area contributed by atoms with Crippen molar-refractivity contribution in [1.29, 1.82) is 0 Å². The lowest BCUT2D eigenvalue weighted by molar-refractivity contribution is -0.143. The van der Waals surface area contributed by atoms with Crippen LogP contribution < -0.4 is 0 Å². The Morgan fingerprint density at radius 2 is 2.21 bits per heavy atom. The largest absolute Gasteiger partial charge is 0.469 e. The van der Waals surface area contributed by atoms with E-state index in [1.165, 1.54) is 7.11 Å². The number of carbonyl (C=O) groups excluding carboxylic acids is 1. The summed E-state index contributed by atoms with van der Waals surface area (Å²) >= 11 is 0. The van der Waals surface area contributed by atoms with Gasteiger partial charge in [0.25, 0.3) is 0 Å². The van der Waals surface area contributed by atoms with Gasteiger partial charge in [0.2, 0.25) is 0 Å². The maximum Gasteiger partial charge on any atom is 0.314 e. The lowest BCUT2D eigenvalue weighted by atomic mass is 9.97. The van der Waals surface area contributed by atoms with Crippen molar-refractivity contribution in [2.45, 2.75) is 24.9 Å². The van der Waals surface area contributed by atoms with Crippen LogP contribution in [-0.4, -0.2) is 48.8 Å². The van der Waals surface area contributed by atoms with Crippen LogP contribution in [0.2, 0.25) is 0 Å². The zero-order valence-corrected chi connectivity index (χ0v) is 11.3. The van der Waals surface area contributed by atoms with Crippen LogP contribution in [0.3, 0.4) is 0 Å². The normalized spacial score (nSPS) is 21.9. The molecule has 1 aromatic rings. The van der Waals surface area contributed by atoms with E-state index in [0.29, 0.717) is 13.1 Å². The number of aliphatic hydroxyl groups is 1. The molecular weight excluding hydrogens is 242 g/mol. The van der Waals surface area contributed by atoms with Crippen LogP contribution in [0.25, 0.3) is 0 Å². The maximum absolute atomic E-state index is 12.0. The molecule has 1 heterocycles. The number of rotatable bonds is 4. The minimum absolute atomic E-state index is 0.216. The molecule has 0 aromatic heterocycles. The Labute approximate surface area is 114 Å². The molecule has 2 atom stereocenters. The van der Waals surface area contributed by atoms with Gasteiger partial charge in [-0.15, -0.1) is 0 Å². The van der Waals surface area contributed by atoms with E-state index in [9.17, 15) is 9.90 Å². The highest BCUT2D eigenvalue weighted by Crippen LogP contribution is 2.21. The van der Waals surface area contributed by atoms with Crippen molar-refractivity contribution in [3.05, 3.63) is 35.9 Å². The van der Waals surface area contributed by atoms with Crippen LogP contribution >= 0.6 is 0 Å². The summed E-state index contributed by atoms with van der Waals surface area (Å²) in [5, 5.41) is 9.70. The van der Waals surface area contributed by atoms with Crippen molar-refractivity contribution in [2.24, 2.45) is 0 Å². The molecule has 1 N–H and O–H groups in total. The monoisotopic (exact) mass is 263 g/mol. The molecule has 1 saturated heterocycles. The third-order valence-corrected chi connectivity index (χ3v) is 3.61. The van der Waals surface area contributed by atoms with Gasteiger partial charge in [0.15, 0.2) is 0 Å². The van der Waals surface area contributed by atoms with Crippen LogP contribution in [0.1, 0.15) is 24.3 Å². The van der Waals surface area contributed by atoms with E-state index in [2.05, 4.69) is 4.90 Å². The highest BCUT2D eigenvalue weighted by Gasteiger charge is 2.26. The van der Waals surface area contributed by atoms with Crippen molar-refractivity contribution in [1.82, 2.24) is 4.90 Å². The van der Waals surface area contributed by atoms with E-state index in [1.54, 1.807) is 0 Å². The van der Waals surface area contributed by atoms with Crippen LogP contribution in [0, 0.1) is 0 Å². The van der Waals surface area contributed by atoms with Crippen molar-refractivity contribution >= 4 is 5.97 Å². The number of nitrogens with zero attached hydrogens (tertiary/aromatic N) is 1. The minimum Gasteiger partial charge on any atom is -0.469 e. The SMILES string of the molecule is COC(=O)C(CN1CCCC(O)C1)c1ccccc1. The Morgan fingerprint density at radius 3 is 2.84 bits per heavy atom. The van der Waals surface area contributed by atoms with Crippen molar-refractivity contribution in [2.75, 3.05) is 26.7 Å². The van der Waals surface area contributed by atoms with Crippen LogP contribution in [0.4, 0.5) is 0 Å². The molecule has 2 unspecified atom stereocenters. The summed E-state index contributed by atoms with van der Waals surface area (Å²) in [6, 6.07) is 9.68. The predicted octanol–water partition coefficient (Wildman–Crippen LogP) is 1.40. The highest BCUT2D eigenvalue weighted by molar-refractivity contribution is 5.78.